The number of hydrogen-bond donors (Lipinski definition) is 2. The zero-order valence-corrected chi connectivity index (χ0v) is 22.8. The van der Waals surface area contributed by atoms with Crippen LogP contribution in [-0.4, -0.2) is 49.9 Å². The first-order valence-electron chi connectivity index (χ1n) is 13.4. The molecule has 1 saturated carbocycles. The van der Waals surface area contributed by atoms with E-state index in [0.29, 0.717) is 17.3 Å². The number of nitrogens with zero attached hydrogens (tertiary/aromatic N) is 4. The summed E-state index contributed by atoms with van der Waals surface area (Å²) in [6.07, 6.45) is 11.2. The van der Waals surface area contributed by atoms with Gasteiger partial charge in [-0.1, -0.05) is 24.5 Å². The average molecular weight is 503 g/mol. The number of aliphatic imine (C=N–C) groups is 1. The van der Waals surface area contributed by atoms with Gasteiger partial charge in [-0.15, -0.1) is 0 Å². The summed E-state index contributed by atoms with van der Waals surface area (Å²) in [5, 5.41) is 12.1. The molecule has 4 heterocycles. The van der Waals surface area contributed by atoms with Gasteiger partial charge in [0.05, 0.1) is 34.8 Å². The second-order valence-corrected chi connectivity index (χ2v) is 12.1. The summed E-state index contributed by atoms with van der Waals surface area (Å²) in [7, 11) is 0. The molecule has 1 unspecified atom stereocenters. The van der Waals surface area contributed by atoms with Crippen molar-refractivity contribution in [3.63, 3.8) is 0 Å². The van der Waals surface area contributed by atoms with Crippen molar-refractivity contribution in [1.82, 2.24) is 25.4 Å². The first-order valence-corrected chi connectivity index (χ1v) is 13.4. The highest BCUT2D eigenvalue weighted by atomic mass is 16.2. The Bertz CT molecular complexity index is 1350. The van der Waals surface area contributed by atoms with E-state index in [2.05, 4.69) is 49.4 Å². The number of amides is 2. The molecule has 0 radical (unpaired) electrons. The Labute approximate surface area is 218 Å². The normalized spacial score (nSPS) is 23.6. The zero-order valence-electron chi connectivity index (χ0n) is 22.8. The van der Waals surface area contributed by atoms with Crippen LogP contribution in [0.3, 0.4) is 0 Å². The molecule has 37 heavy (non-hydrogen) atoms. The Morgan fingerprint density at radius 3 is 2.59 bits per heavy atom. The van der Waals surface area contributed by atoms with Gasteiger partial charge in [0.25, 0.3) is 11.8 Å². The van der Waals surface area contributed by atoms with Crippen LogP contribution in [0.25, 0.3) is 16.6 Å². The van der Waals surface area contributed by atoms with Crippen LogP contribution in [0.4, 0.5) is 0 Å². The van der Waals surface area contributed by atoms with Gasteiger partial charge < -0.3 is 10.6 Å². The van der Waals surface area contributed by atoms with Gasteiger partial charge >= 0.3 is 0 Å². The molecule has 2 N–H and O–H groups in total. The number of fused-ring (bicyclic) bond motifs is 1. The SMILES string of the molecule is CC1=CC(C)=NC(=O)C1CNC(=O)c1cc(C2=CC(C)(C)NC(C)(C)C2)nc2c1cnn2C1CCCC1. The fraction of sp³-hybridized carbons (Fsp3) is 0.552. The molecular weight excluding hydrogens is 464 g/mol. The number of allylic oxidation sites excluding steroid dienone is 1. The molecule has 1 fully saturated rings. The van der Waals surface area contributed by atoms with Gasteiger partial charge in [0, 0.05) is 23.3 Å². The molecule has 196 valence electrons. The van der Waals surface area contributed by atoms with E-state index in [0.717, 1.165) is 47.1 Å². The fourth-order valence-corrected chi connectivity index (χ4v) is 6.31. The molecule has 8 heteroatoms. The lowest BCUT2D eigenvalue weighted by atomic mass is 9.82. The maximum absolute atomic E-state index is 13.6. The highest BCUT2D eigenvalue weighted by Crippen LogP contribution is 2.36. The molecule has 2 amide bonds. The molecule has 0 aromatic carbocycles. The van der Waals surface area contributed by atoms with Crippen LogP contribution in [0.2, 0.25) is 0 Å². The van der Waals surface area contributed by atoms with Crippen molar-refractivity contribution in [2.45, 2.75) is 90.8 Å². The summed E-state index contributed by atoms with van der Waals surface area (Å²) in [5.74, 6) is -0.879. The smallest absolute Gasteiger partial charge is 0.254 e. The Morgan fingerprint density at radius 2 is 1.92 bits per heavy atom. The Hall–Kier alpha value is -3.13. The van der Waals surface area contributed by atoms with E-state index in [1.165, 1.54) is 12.8 Å². The molecule has 3 aliphatic rings. The van der Waals surface area contributed by atoms with E-state index >= 15 is 0 Å². The predicted molar refractivity (Wildman–Crippen MR) is 147 cm³/mol. The molecule has 0 saturated heterocycles. The molecule has 1 aliphatic carbocycles. The minimum Gasteiger partial charge on any atom is -0.351 e. The molecule has 2 aliphatic heterocycles. The van der Waals surface area contributed by atoms with Crippen molar-refractivity contribution in [2.75, 3.05) is 6.54 Å². The quantitative estimate of drug-likeness (QED) is 0.613. The number of rotatable bonds is 5. The summed E-state index contributed by atoms with van der Waals surface area (Å²) >= 11 is 0. The fourth-order valence-electron chi connectivity index (χ4n) is 6.31. The maximum Gasteiger partial charge on any atom is 0.254 e. The van der Waals surface area contributed by atoms with E-state index in [9.17, 15) is 9.59 Å². The molecule has 0 spiro atoms. The zero-order chi connectivity index (χ0) is 26.5. The van der Waals surface area contributed by atoms with Crippen LogP contribution in [0.5, 0.6) is 0 Å². The van der Waals surface area contributed by atoms with Gasteiger partial charge in [0.15, 0.2) is 5.65 Å². The number of nitrogens with one attached hydrogen (secondary N) is 2. The van der Waals surface area contributed by atoms with Crippen LogP contribution in [0, 0.1) is 5.92 Å². The Kier molecular flexibility index (Phi) is 6.42. The summed E-state index contributed by atoms with van der Waals surface area (Å²) in [5.41, 5.74) is 4.54. The van der Waals surface area contributed by atoms with Gasteiger partial charge in [-0.25, -0.2) is 14.7 Å². The summed E-state index contributed by atoms with van der Waals surface area (Å²) in [6, 6.07) is 2.20. The van der Waals surface area contributed by atoms with Crippen molar-refractivity contribution < 1.29 is 9.59 Å². The van der Waals surface area contributed by atoms with Gasteiger partial charge in [0.1, 0.15) is 0 Å². The second kappa shape index (κ2) is 9.31. The van der Waals surface area contributed by atoms with E-state index in [1.807, 2.05) is 30.7 Å². The number of pyridine rings is 1. The minimum atomic E-state index is -0.445. The van der Waals surface area contributed by atoms with Crippen LogP contribution in [0.1, 0.15) is 95.7 Å². The third-order valence-corrected chi connectivity index (χ3v) is 7.68. The first-order chi connectivity index (χ1) is 17.4. The number of hydrogen-bond acceptors (Lipinski definition) is 5. The van der Waals surface area contributed by atoms with E-state index < -0.39 is 5.92 Å². The third kappa shape index (κ3) is 5.17. The summed E-state index contributed by atoms with van der Waals surface area (Å²) in [4.78, 5) is 35.3. The molecule has 1 atom stereocenters. The van der Waals surface area contributed by atoms with Gasteiger partial charge in [-0.3, -0.25) is 9.59 Å². The van der Waals surface area contributed by atoms with Gasteiger partial charge in [0.2, 0.25) is 0 Å². The average Bonchev–Trinajstić information content (AvgIpc) is 3.45. The van der Waals surface area contributed by atoms with Crippen LogP contribution in [-0.2, 0) is 4.79 Å². The molecule has 5 rings (SSSR count). The number of aromatic nitrogens is 3. The Balaban J connectivity index is 1.54. The Morgan fingerprint density at radius 1 is 1.19 bits per heavy atom. The summed E-state index contributed by atoms with van der Waals surface area (Å²) < 4.78 is 2.02. The molecule has 8 nitrogen and oxygen atoms in total. The lowest BCUT2D eigenvalue weighted by Gasteiger charge is -2.41. The van der Waals surface area contributed by atoms with Gasteiger partial charge in [-0.2, -0.15) is 5.10 Å². The topological polar surface area (TPSA) is 101 Å². The van der Waals surface area contributed by atoms with E-state index in [4.69, 9.17) is 10.1 Å². The van der Waals surface area contributed by atoms with E-state index in [-0.39, 0.29) is 29.4 Å². The van der Waals surface area contributed by atoms with Crippen LogP contribution < -0.4 is 10.6 Å². The third-order valence-electron chi connectivity index (χ3n) is 7.68. The summed E-state index contributed by atoms with van der Waals surface area (Å²) in [6.45, 7) is 12.6. The lowest BCUT2D eigenvalue weighted by Crippen LogP contribution is -2.53. The van der Waals surface area contributed by atoms with Crippen molar-refractivity contribution in [3.05, 3.63) is 41.2 Å². The van der Waals surface area contributed by atoms with Crippen molar-refractivity contribution in [2.24, 2.45) is 10.9 Å². The highest BCUT2D eigenvalue weighted by molar-refractivity contribution is 6.07. The van der Waals surface area contributed by atoms with Crippen LogP contribution in [0.15, 0.2) is 35.0 Å². The molecule has 2 aromatic rings. The monoisotopic (exact) mass is 502 g/mol. The number of carbonyl (C=O) groups is 2. The molecular formula is C29H38N6O2. The van der Waals surface area contributed by atoms with Crippen LogP contribution >= 0.6 is 0 Å². The minimum absolute atomic E-state index is 0.109. The maximum atomic E-state index is 13.6. The molecule has 2 aromatic heterocycles. The predicted octanol–water partition coefficient (Wildman–Crippen LogP) is 4.77. The largest absolute Gasteiger partial charge is 0.351 e. The van der Waals surface area contributed by atoms with Crippen molar-refractivity contribution >= 4 is 34.1 Å². The van der Waals surface area contributed by atoms with Gasteiger partial charge in [-0.05, 0) is 78.5 Å². The van der Waals surface area contributed by atoms with E-state index in [1.54, 1.807) is 6.20 Å². The molecule has 0 bridgehead atoms. The second-order valence-electron chi connectivity index (χ2n) is 12.1. The number of dihydropyridines is 1. The first kappa shape index (κ1) is 25.5. The highest BCUT2D eigenvalue weighted by Gasteiger charge is 2.34. The van der Waals surface area contributed by atoms with Crippen molar-refractivity contribution in [1.29, 1.82) is 0 Å². The number of carbonyl (C=O) groups excluding carboxylic acids is 2. The van der Waals surface area contributed by atoms with Crippen molar-refractivity contribution in [3.8, 4) is 0 Å². The standard InChI is InChI=1S/C29H38N6O2/c1-17-11-18(2)32-27(37)22(17)15-30-26(36)21-12-24(19-13-28(3,4)34-29(5,6)14-19)33-25-23(21)16-31-35(25)20-9-7-8-10-20/h11-13,16,20,22,34H,7-10,14-15H2,1-6H3,(H,30,36). The lowest BCUT2D eigenvalue weighted by molar-refractivity contribution is -0.120.